The summed E-state index contributed by atoms with van der Waals surface area (Å²) in [5, 5.41) is 3.24. The Hall–Kier alpha value is 0.0500. The maximum Gasteiger partial charge on any atom is 0.250 e. The average Bonchev–Trinajstić information content (AvgIpc) is 2.59. The summed E-state index contributed by atoms with van der Waals surface area (Å²) >= 11 is 4.62. The van der Waals surface area contributed by atoms with Crippen LogP contribution in [-0.4, -0.2) is 27.0 Å². The molecule has 0 unspecified atom stereocenters. The molecule has 0 amide bonds. The molecule has 1 aromatic heterocycles. The van der Waals surface area contributed by atoms with Crippen LogP contribution in [0, 0.1) is 6.92 Å². The minimum Gasteiger partial charge on any atom is -0.317 e. The van der Waals surface area contributed by atoms with Crippen molar-refractivity contribution < 1.29 is 8.42 Å². The third-order valence-corrected chi connectivity index (χ3v) is 7.44. The lowest BCUT2D eigenvalue weighted by Crippen LogP contribution is -2.52. The average molecular weight is 353 g/mol. The van der Waals surface area contributed by atoms with Crippen molar-refractivity contribution in [1.29, 1.82) is 0 Å². The number of thiophene rings is 1. The first-order chi connectivity index (χ1) is 8.32. The first-order valence-corrected chi connectivity index (χ1v) is 8.92. The number of piperidine rings is 1. The molecule has 2 heterocycles. The van der Waals surface area contributed by atoms with Gasteiger partial charge in [0.25, 0.3) is 10.0 Å². The maximum atomic E-state index is 12.3. The lowest BCUT2D eigenvalue weighted by molar-refractivity contribution is 0.308. The Kier molecular flexibility index (Phi) is 4.18. The van der Waals surface area contributed by atoms with Crippen molar-refractivity contribution in [2.24, 2.45) is 0 Å². The molecule has 0 bridgehead atoms. The van der Waals surface area contributed by atoms with Crippen LogP contribution in [0.2, 0.25) is 0 Å². The lowest BCUT2D eigenvalue weighted by Gasteiger charge is -2.34. The minimum absolute atomic E-state index is 0.339. The molecular formula is C11H17BrN2O2S2. The van der Waals surface area contributed by atoms with E-state index >= 15 is 0 Å². The Balaban J connectivity index is 2.21. The molecule has 7 heteroatoms. The summed E-state index contributed by atoms with van der Waals surface area (Å²) in [4.78, 5) is 0. The highest BCUT2D eigenvalue weighted by Gasteiger charge is 2.32. The van der Waals surface area contributed by atoms with Gasteiger partial charge in [0.1, 0.15) is 4.21 Å². The SMILES string of the molecule is Cc1cc(S(=O)(=O)NC2(C)CCNCC2)sc1Br. The molecule has 1 aliphatic rings. The molecule has 1 aromatic rings. The second kappa shape index (κ2) is 5.20. The fourth-order valence-corrected chi connectivity index (χ4v) is 5.71. The van der Waals surface area contributed by atoms with Gasteiger partial charge in [0.05, 0.1) is 3.79 Å². The van der Waals surface area contributed by atoms with Gasteiger partial charge in [-0.15, -0.1) is 11.3 Å². The van der Waals surface area contributed by atoms with Gasteiger partial charge >= 0.3 is 0 Å². The summed E-state index contributed by atoms with van der Waals surface area (Å²) in [7, 11) is -3.41. The van der Waals surface area contributed by atoms with Crippen molar-refractivity contribution in [3.05, 3.63) is 15.4 Å². The smallest absolute Gasteiger partial charge is 0.250 e. The highest BCUT2D eigenvalue weighted by Crippen LogP contribution is 2.31. The summed E-state index contributed by atoms with van der Waals surface area (Å²) in [5.74, 6) is 0. The van der Waals surface area contributed by atoms with E-state index in [1.165, 1.54) is 11.3 Å². The summed E-state index contributed by atoms with van der Waals surface area (Å²) < 4.78 is 28.8. The molecule has 2 rings (SSSR count). The van der Waals surface area contributed by atoms with Gasteiger partial charge in [-0.05, 0) is 67.3 Å². The van der Waals surface area contributed by atoms with Crippen molar-refractivity contribution in [3.63, 3.8) is 0 Å². The first-order valence-electron chi connectivity index (χ1n) is 5.83. The van der Waals surface area contributed by atoms with E-state index < -0.39 is 10.0 Å². The second-order valence-electron chi connectivity index (χ2n) is 4.94. The minimum atomic E-state index is -3.41. The van der Waals surface area contributed by atoms with Gasteiger partial charge in [-0.2, -0.15) is 0 Å². The van der Waals surface area contributed by atoms with Crippen LogP contribution in [0.15, 0.2) is 14.1 Å². The number of halogens is 1. The standard InChI is InChI=1S/C11H17BrN2O2S2/c1-8-7-9(17-10(8)12)18(15,16)14-11(2)3-5-13-6-4-11/h7,13-14H,3-6H2,1-2H3. The Labute approximate surface area is 120 Å². The van der Waals surface area contributed by atoms with Crippen LogP contribution in [0.5, 0.6) is 0 Å². The Bertz CT molecular complexity index is 514. The van der Waals surface area contributed by atoms with Gasteiger partial charge in [-0.25, -0.2) is 13.1 Å². The fraction of sp³-hybridized carbons (Fsp3) is 0.636. The Morgan fingerprint density at radius 1 is 1.44 bits per heavy atom. The van der Waals surface area contributed by atoms with E-state index in [4.69, 9.17) is 0 Å². The molecule has 0 aromatic carbocycles. The molecule has 0 radical (unpaired) electrons. The van der Waals surface area contributed by atoms with Gasteiger partial charge in [0.2, 0.25) is 0 Å². The predicted molar refractivity (Wildman–Crippen MR) is 77.6 cm³/mol. The topological polar surface area (TPSA) is 58.2 Å². The molecule has 0 saturated carbocycles. The van der Waals surface area contributed by atoms with Crippen molar-refractivity contribution in [2.75, 3.05) is 13.1 Å². The number of hydrogen-bond donors (Lipinski definition) is 2. The van der Waals surface area contributed by atoms with E-state index in [1.807, 2.05) is 13.8 Å². The van der Waals surface area contributed by atoms with Crippen molar-refractivity contribution in [3.8, 4) is 0 Å². The largest absolute Gasteiger partial charge is 0.317 e. The number of aryl methyl sites for hydroxylation is 1. The van der Waals surface area contributed by atoms with E-state index in [0.717, 1.165) is 35.3 Å². The zero-order chi connectivity index (χ0) is 13.4. The van der Waals surface area contributed by atoms with E-state index in [-0.39, 0.29) is 5.54 Å². The first kappa shape index (κ1) is 14.5. The van der Waals surface area contributed by atoms with Crippen LogP contribution in [0.4, 0.5) is 0 Å². The van der Waals surface area contributed by atoms with Gasteiger partial charge in [-0.1, -0.05) is 0 Å². The molecule has 1 fully saturated rings. The molecule has 0 atom stereocenters. The number of rotatable bonds is 3. The Morgan fingerprint density at radius 3 is 2.56 bits per heavy atom. The van der Waals surface area contributed by atoms with Crippen LogP contribution in [0.3, 0.4) is 0 Å². The monoisotopic (exact) mass is 352 g/mol. The quantitative estimate of drug-likeness (QED) is 0.876. The van der Waals surface area contributed by atoms with E-state index in [9.17, 15) is 8.42 Å². The molecular weight excluding hydrogens is 336 g/mol. The predicted octanol–water partition coefficient (Wildman–Crippen LogP) is 2.24. The summed E-state index contributed by atoms with van der Waals surface area (Å²) in [6.45, 7) is 5.57. The van der Waals surface area contributed by atoms with Crippen molar-refractivity contribution in [1.82, 2.24) is 10.0 Å². The molecule has 0 aliphatic carbocycles. The van der Waals surface area contributed by atoms with Gasteiger partial charge < -0.3 is 5.32 Å². The number of hydrogen-bond acceptors (Lipinski definition) is 4. The summed E-state index contributed by atoms with van der Waals surface area (Å²) in [5.41, 5.74) is 0.616. The summed E-state index contributed by atoms with van der Waals surface area (Å²) in [6, 6.07) is 1.71. The molecule has 2 N–H and O–H groups in total. The van der Waals surface area contributed by atoms with Crippen LogP contribution < -0.4 is 10.0 Å². The molecule has 1 aliphatic heterocycles. The Morgan fingerprint density at radius 2 is 2.06 bits per heavy atom. The van der Waals surface area contributed by atoms with Gasteiger partial charge in [0.15, 0.2) is 0 Å². The van der Waals surface area contributed by atoms with Gasteiger partial charge in [-0.3, -0.25) is 0 Å². The van der Waals surface area contributed by atoms with Crippen LogP contribution in [0.25, 0.3) is 0 Å². The van der Waals surface area contributed by atoms with Crippen molar-refractivity contribution >= 4 is 37.3 Å². The van der Waals surface area contributed by atoms with Gasteiger partial charge in [0, 0.05) is 5.54 Å². The molecule has 0 spiro atoms. The molecule has 1 saturated heterocycles. The zero-order valence-corrected chi connectivity index (χ0v) is 13.6. The second-order valence-corrected chi connectivity index (χ2v) is 9.22. The molecule has 18 heavy (non-hydrogen) atoms. The van der Waals surface area contributed by atoms with Crippen LogP contribution >= 0.6 is 27.3 Å². The number of sulfonamides is 1. The normalized spacial score (nSPS) is 19.9. The van der Waals surface area contributed by atoms with Crippen LogP contribution in [0.1, 0.15) is 25.3 Å². The maximum absolute atomic E-state index is 12.3. The van der Waals surface area contributed by atoms with E-state index in [1.54, 1.807) is 6.07 Å². The highest BCUT2D eigenvalue weighted by atomic mass is 79.9. The van der Waals surface area contributed by atoms with E-state index in [2.05, 4.69) is 26.0 Å². The molecule has 102 valence electrons. The highest BCUT2D eigenvalue weighted by molar-refractivity contribution is 9.11. The zero-order valence-electron chi connectivity index (χ0n) is 10.4. The summed E-state index contributed by atoms with van der Waals surface area (Å²) in [6.07, 6.45) is 1.63. The van der Waals surface area contributed by atoms with Crippen molar-refractivity contribution in [2.45, 2.75) is 36.4 Å². The lowest BCUT2D eigenvalue weighted by atomic mass is 9.92. The van der Waals surface area contributed by atoms with E-state index in [0.29, 0.717) is 4.21 Å². The third-order valence-electron chi connectivity index (χ3n) is 3.19. The number of nitrogens with one attached hydrogen (secondary N) is 2. The van der Waals surface area contributed by atoms with Crippen LogP contribution in [-0.2, 0) is 10.0 Å². The fourth-order valence-electron chi connectivity index (χ4n) is 2.02. The molecule has 4 nitrogen and oxygen atoms in total. The third kappa shape index (κ3) is 3.14.